The van der Waals surface area contributed by atoms with Crippen LogP contribution in [0.1, 0.15) is 39.8 Å². The van der Waals surface area contributed by atoms with Crippen molar-refractivity contribution < 1.29 is 4.39 Å². The Labute approximate surface area is 133 Å². The second kappa shape index (κ2) is 5.75. The molecule has 2 aliphatic rings. The number of thioether (sulfide) groups is 1. The third-order valence-corrected chi connectivity index (χ3v) is 6.74. The van der Waals surface area contributed by atoms with Crippen molar-refractivity contribution in [3.8, 4) is 0 Å². The Balaban J connectivity index is 1.49. The molecule has 2 heterocycles. The number of thiophene rings is 1. The van der Waals surface area contributed by atoms with E-state index in [2.05, 4.69) is 17.4 Å². The summed E-state index contributed by atoms with van der Waals surface area (Å²) in [5.41, 5.74) is 2.69. The number of halogens is 1. The zero-order valence-electron chi connectivity index (χ0n) is 11.8. The van der Waals surface area contributed by atoms with Crippen molar-refractivity contribution in [2.45, 2.75) is 43.2 Å². The maximum Gasteiger partial charge on any atom is 0.137 e. The van der Waals surface area contributed by atoms with E-state index in [0.29, 0.717) is 0 Å². The Hall–Kier alpha value is -0.840. The summed E-state index contributed by atoms with van der Waals surface area (Å²) < 4.78 is 13.9. The van der Waals surface area contributed by atoms with E-state index in [1.165, 1.54) is 24.1 Å². The number of benzene rings is 1. The van der Waals surface area contributed by atoms with Crippen LogP contribution in [0.15, 0.2) is 29.2 Å². The van der Waals surface area contributed by atoms with E-state index in [4.69, 9.17) is 0 Å². The van der Waals surface area contributed by atoms with Crippen LogP contribution in [0.5, 0.6) is 0 Å². The molecule has 0 saturated carbocycles. The largest absolute Gasteiger partial charge is 0.305 e. The highest BCUT2D eigenvalue weighted by Gasteiger charge is 2.23. The number of nitrogens with one attached hydrogen (secondary N) is 1. The van der Waals surface area contributed by atoms with Crippen LogP contribution >= 0.6 is 23.1 Å². The first-order valence-electron chi connectivity index (χ1n) is 7.56. The van der Waals surface area contributed by atoms with E-state index in [0.717, 1.165) is 29.2 Å². The highest BCUT2D eigenvalue weighted by molar-refractivity contribution is 7.99. The van der Waals surface area contributed by atoms with Crippen LogP contribution in [0, 0.1) is 5.82 Å². The molecule has 0 bridgehead atoms. The lowest BCUT2D eigenvalue weighted by Gasteiger charge is -2.26. The third kappa shape index (κ3) is 2.65. The smallest absolute Gasteiger partial charge is 0.137 e. The van der Waals surface area contributed by atoms with Crippen LogP contribution in [0.4, 0.5) is 4.39 Å². The Morgan fingerprint density at radius 1 is 1.29 bits per heavy atom. The molecule has 1 aliphatic heterocycles. The van der Waals surface area contributed by atoms with E-state index in [9.17, 15) is 4.39 Å². The standard InChI is InChI=1S/C17H18FNS2/c18-14-5-2-4-13-15(7-8-20-17(13)14)19-10-12-9-11-3-1-6-16(11)21-12/h2,4-5,9,15,19H,1,3,6-8,10H2. The van der Waals surface area contributed by atoms with Gasteiger partial charge in [0.05, 0.1) is 0 Å². The van der Waals surface area contributed by atoms with Gasteiger partial charge in [0.25, 0.3) is 0 Å². The summed E-state index contributed by atoms with van der Waals surface area (Å²) in [7, 11) is 0. The molecule has 1 nitrogen and oxygen atoms in total. The fraction of sp³-hybridized carbons (Fsp3) is 0.412. The molecule has 1 aromatic heterocycles. The lowest BCUT2D eigenvalue weighted by Crippen LogP contribution is -2.24. The fourth-order valence-corrected chi connectivity index (χ4v) is 5.65. The van der Waals surface area contributed by atoms with Crippen molar-refractivity contribution in [1.82, 2.24) is 5.32 Å². The van der Waals surface area contributed by atoms with Gasteiger partial charge in [-0.05, 0) is 54.7 Å². The average Bonchev–Trinajstić information content (AvgIpc) is 3.07. The summed E-state index contributed by atoms with van der Waals surface area (Å²) in [6.45, 7) is 0.906. The van der Waals surface area contributed by atoms with Gasteiger partial charge < -0.3 is 5.32 Å². The molecule has 1 aromatic carbocycles. The molecule has 110 valence electrons. The van der Waals surface area contributed by atoms with Crippen LogP contribution < -0.4 is 5.32 Å². The van der Waals surface area contributed by atoms with Gasteiger partial charge in [0.1, 0.15) is 5.82 Å². The van der Waals surface area contributed by atoms with Gasteiger partial charge >= 0.3 is 0 Å². The van der Waals surface area contributed by atoms with Gasteiger partial charge in [-0.15, -0.1) is 23.1 Å². The van der Waals surface area contributed by atoms with E-state index >= 15 is 0 Å². The van der Waals surface area contributed by atoms with Crippen LogP contribution in [-0.2, 0) is 19.4 Å². The minimum Gasteiger partial charge on any atom is -0.305 e. The van der Waals surface area contributed by atoms with Crippen molar-refractivity contribution >= 4 is 23.1 Å². The van der Waals surface area contributed by atoms with E-state index < -0.39 is 0 Å². The van der Waals surface area contributed by atoms with Gasteiger partial charge in [-0.3, -0.25) is 0 Å². The molecule has 21 heavy (non-hydrogen) atoms. The number of hydrogen-bond acceptors (Lipinski definition) is 3. The van der Waals surface area contributed by atoms with Gasteiger partial charge in [-0.1, -0.05) is 12.1 Å². The number of rotatable bonds is 3. The summed E-state index contributed by atoms with van der Waals surface area (Å²) >= 11 is 3.60. The van der Waals surface area contributed by atoms with Gasteiger partial charge in [0.2, 0.25) is 0 Å². The summed E-state index contributed by atoms with van der Waals surface area (Å²) in [6, 6.07) is 8.11. The minimum absolute atomic E-state index is 0.0703. The summed E-state index contributed by atoms with van der Waals surface area (Å²) in [4.78, 5) is 3.85. The van der Waals surface area contributed by atoms with E-state index in [-0.39, 0.29) is 11.9 Å². The quantitative estimate of drug-likeness (QED) is 0.880. The Bertz CT molecular complexity index is 643. The molecular formula is C17H18FNS2. The normalized spacial score (nSPS) is 20.3. The summed E-state index contributed by atoms with van der Waals surface area (Å²) in [5.74, 6) is 0.922. The first-order valence-corrected chi connectivity index (χ1v) is 9.36. The molecular weight excluding hydrogens is 301 g/mol. The first kappa shape index (κ1) is 13.8. The van der Waals surface area contributed by atoms with Crippen molar-refractivity contribution in [2.75, 3.05) is 5.75 Å². The maximum atomic E-state index is 13.9. The Morgan fingerprint density at radius 3 is 3.14 bits per heavy atom. The zero-order chi connectivity index (χ0) is 14.2. The SMILES string of the molecule is Fc1cccc2c1SCCC2NCc1cc2c(s1)CCC2. The average molecular weight is 319 g/mol. The molecule has 1 N–H and O–H groups in total. The summed E-state index contributed by atoms with van der Waals surface area (Å²) in [6.07, 6.45) is 4.90. The second-order valence-electron chi connectivity index (χ2n) is 5.74. The van der Waals surface area contributed by atoms with Gasteiger partial charge in [0.15, 0.2) is 0 Å². The molecule has 1 aliphatic carbocycles. The predicted octanol–water partition coefficient (Wildman–Crippen LogP) is 4.70. The number of hydrogen-bond donors (Lipinski definition) is 1. The van der Waals surface area contributed by atoms with E-state index in [1.807, 2.05) is 17.4 Å². The lowest BCUT2D eigenvalue weighted by atomic mass is 10.0. The molecule has 0 saturated heterocycles. The lowest BCUT2D eigenvalue weighted by molar-refractivity contribution is 0.498. The number of aryl methyl sites for hydroxylation is 2. The van der Waals surface area contributed by atoms with Crippen LogP contribution in [0.3, 0.4) is 0 Å². The third-order valence-electron chi connectivity index (χ3n) is 4.35. The van der Waals surface area contributed by atoms with Gasteiger partial charge in [-0.2, -0.15) is 0 Å². The van der Waals surface area contributed by atoms with Crippen molar-refractivity contribution in [1.29, 1.82) is 0 Å². The fourth-order valence-electron chi connectivity index (χ4n) is 3.30. The molecule has 1 unspecified atom stereocenters. The van der Waals surface area contributed by atoms with Crippen molar-refractivity contribution in [3.05, 3.63) is 51.0 Å². The molecule has 0 radical (unpaired) electrons. The van der Waals surface area contributed by atoms with Crippen LogP contribution in [0.2, 0.25) is 0 Å². The molecule has 4 rings (SSSR count). The summed E-state index contributed by atoms with van der Waals surface area (Å²) in [5, 5.41) is 3.64. The van der Waals surface area contributed by atoms with Gasteiger partial charge in [0, 0.05) is 27.2 Å². The second-order valence-corrected chi connectivity index (χ2v) is 8.07. The maximum absolute atomic E-state index is 13.9. The minimum atomic E-state index is -0.0703. The van der Waals surface area contributed by atoms with Crippen LogP contribution in [-0.4, -0.2) is 5.75 Å². The molecule has 2 aromatic rings. The van der Waals surface area contributed by atoms with Gasteiger partial charge in [-0.25, -0.2) is 4.39 Å². The Kier molecular flexibility index (Phi) is 3.78. The number of fused-ring (bicyclic) bond motifs is 2. The van der Waals surface area contributed by atoms with Crippen LogP contribution in [0.25, 0.3) is 0 Å². The van der Waals surface area contributed by atoms with Crippen molar-refractivity contribution in [3.63, 3.8) is 0 Å². The highest BCUT2D eigenvalue weighted by atomic mass is 32.2. The zero-order valence-corrected chi connectivity index (χ0v) is 13.5. The Morgan fingerprint density at radius 2 is 2.24 bits per heavy atom. The molecule has 4 heteroatoms. The first-order chi connectivity index (χ1) is 10.3. The molecule has 1 atom stereocenters. The predicted molar refractivity (Wildman–Crippen MR) is 87.7 cm³/mol. The molecule has 0 amide bonds. The van der Waals surface area contributed by atoms with Crippen molar-refractivity contribution in [2.24, 2.45) is 0 Å². The molecule has 0 spiro atoms. The molecule has 0 fully saturated rings. The topological polar surface area (TPSA) is 12.0 Å². The highest BCUT2D eigenvalue weighted by Crippen LogP contribution is 2.38. The monoisotopic (exact) mass is 319 g/mol. The van der Waals surface area contributed by atoms with E-state index in [1.54, 1.807) is 28.3 Å².